The number of benzene rings is 1. The fraction of sp³-hybridized carbons (Fsp3) is 0.556. The molecular weight excluding hydrogens is 292 g/mol. The molecule has 2 bridgehead atoms. The molecule has 0 unspecified atom stereocenters. The molecule has 1 N–H and O–H groups in total. The third-order valence-electron chi connectivity index (χ3n) is 5.59. The number of nitrogens with zero attached hydrogens (tertiary/aromatic N) is 2. The van der Waals surface area contributed by atoms with Gasteiger partial charge in [-0.25, -0.2) is 4.79 Å². The molecule has 0 aromatic heterocycles. The van der Waals surface area contributed by atoms with E-state index in [-0.39, 0.29) is 17.0 Å². The van der Waals surface area contributed by atoms with Crippen LogP contribution in [0.25, 0.3) is 0 Å². The molecule has 2 fully saturated rings. The van der Waals surface area contributed by atoms with Crippen LogP contribution in [-0.2, 0) is 6.54 Å². The number of carbonyl (C=O) groups excluding carboxylic acids is 1. The molecule has 0 aliphatic carbocycles. The number of likely N-dealkylation sites (tertiary alicyclic amines) is 2. The summed E-state index contributed by atoms with van der Waals surface area (Å²) < 4.78 is 0. The number of hydrogen-bond donors (Lipinski definition) is 1. The van der Waals surface area contributed by atoms with Gasteiger partial charge in [-0.3, -0.25) is 14.6 Å². The minimum Gasteiger partial charge on any atom is -0.465 e. The van der Waals surface area contributed by atoms with E-state index in [1.54, 1.807) is 4.90 Å². The van der Waals surface area contributed by atoms with E-state index in [0.717, 1.165) is 31.4 Å². The highest BCUT2D eigenvalue weighted by Crippen LogP contribution is 2.50. The second-order valence-corrected chi connectivity index (χ2v) is 7.80. The molecule has 3 rings (SSSR count). The summed E-state index contributed by atoms with van der Waals surface area (Å²) in [5, 5.41) is 9.57. The van der Waals surface area contributed by atoms with Crippen LogP contribution in [0.5, 0.6) is 0 Å². The minimum atomic E-state index is -0.808. The maximum Gasteiger partial charge on any atom is 0.407 e. The van der Waals surface area contributed by atoms with E-state index in [2.05, 4.69) is 25.7 Å². The Morgan fingerprint density at radius 2 is 2.00 bits per heavy atom. The molecule has 0 spiro atoms. The van der Waals surface area contributed by atoms with Gasteiger partial charge in [0.25, 0.3) is 0 Å². The number of amides is 1. The Hall–Kier alpha value is -1.88. The Labute approximate surface area is 136 Å². The molecule has 1 aromatic rings. The number of hydrogen-bond acceptors (Lipinski definition) is 3. The van der Waals surface area contributed by atoms with E-state index in [4.69, 9.17) is 0 Å². The first-order valence-electron chi connectivity index (χ1n) is 8.05. The SMILES string of the molecule is CC(C)(C)[C@]12C[C@@H](CN1C(=O)O)N(Cc1ccc(C=O)cc1)C2. The second kappa shape index (κ2) is 5.34. The molecule has 2 aliphatic rings. The lowest BCUT2D eigenvalue weighted by molar-refractivity contribution is 0.000906. The Kier molecular flexibility index (Phi) is 3.71. The highest BCUT2D eigenvalue weighted by molar-refractivity contribution is 5.74. The first-order chi connectivity index (χ1) is 10.8. The fourth-order valence-electron chi connectivity index (χ4n) is 4.14. The van der Waals surface area contributed by atoms with Gasteiger partial charge in [-0.2, -0.15) is 0 Å². The van der Waals surface area contributed by atoms with Crippen molar-refractivity contribution in [3.05, 3.63) is 35.4 Å². The van der Waals surface area contributed by atoms with Crippen LogP contribution in [0.4, 0.5) is 4.79 Å². The van der Waals surface area contributed by atoms with E-state index in [1.807, 2.05) is 24.3 Å². The number of aldehydes is 1. The van der Waals surface area contributed by atoms with Gasteiger partial charge in [0.1, 0.15) is 6.29 Å². The maximum absolute atomic E-state index is 11.7. The van der Waals surface area contributed by atoms with Gasteiger partial charge >= 0.3 is 6.09 Å². The van der Waals surface area contributed by atoms with Gasteiger partial charge in [0.2, 0.25) is 0 Å². The Bertz CT molecular complexity index is 620. The van der Waals surface area contributed by atoms with Crippen molar-refractivity contribution in [1.82, 2.24) is 9.80 Å². The highest BCUT2D eigenvalue weighted by Gasteiger charge is 2.61. The van der Waals surface area contributed by atoms with E-state index in [1.165, 1.54) is 0 Å². The number of carbonyl (C=O) groups is 2. The zero-order chi connectivity index (χ0) is 16.8. The lowest BCUT2D eigenvalue weighted by Crippen LogP contribution is -2.61. The highest BCUT2D eigenvalue weighted by atomic mass is 16.4. The van der Waals surface area contributed by atoms with Crippen LogP contribution in [0.2, 0.25) is 0 Å². The third kappa shape index (κ3) is 2.53. The summed E-state index contributed by atoms with van der Waals surface area (Å²) in [5.74, 6) is 0. The van der Waals surface area contributed by atoms with Crippen molar-refractivity contribution in [3.8, 4) is 0 Å². The van der Waals surface area contributed by atoms with E-state index in [0.29, 0.717) is 12.1 Å². The van der Waals surface area contributed by atoms with Crippen LogP contribution in [0.3, 0.4) is 0 Å². The van der Waals surface area contributed by atoms with Crippen LogP contribution < -0.4 is 0 Å². The molecule has 2 aliphatic heterocycles. The summed E-state index contributed by atoms with van der Waals surface area (Å²) in [6.45, 7) is 8.55. The molecular formula is C18H24N2O3. The molecule has 5 heteroatoms. The number of piperazine rings is 1. The number of rotatable bonds is 3. The zero-order valence-electron chi connectivity index (χ0n) is 14.0. The van der Waals surface area contributed by atoms with Gasteiger partial charge in [-0.05, 0) is 17.4 Å². The molecule has 5 nitrogen and oxygen atoms in total. The maximum atomic E-state index is 11.7. The molecule has 124 valence electrons. The second-order valence-electron chi connectivity index (χ2n) is 7.80. The predicted octanol–water partition coefficient (Wildman–Crippen LogP) is 2.85. The summed E-state index contributed by atoms with van der Waals surface area (Å²) in [6.07, 6.45) is 0.938. The molecule has 2 atom stereocenters. The van der Waals surface area contributed by atoms with Gasteiger partial charge in [0.05, 0.1) is 5.54 Å². The smallest absolute Gasteiger partial charge is 0.407 e. The van der Waals surface area contributed by atoms with Gasteiger partial charge < -0.3 is 5.11 Å². The van der Waals surface area contributed by atoms with E-state index >= 15 is 0 Å². The topological polar surface area (TPSA) is 60.9 Å². The first-order valence-corrected chi connectivity index (χ1v) is 8.05. The lowest BCUT2D eigenvalue weighted by Gasteiger charge is -2.48. The molecule has 1 amide bonds. The Morgan fingerprint density at radius 1 is 1.35 bits per heavy atom. The standard InChI is InChI=1S/C18H24N2O3/c1-17(2,3)18-8-15(10-20(18)16(22)23)19(12-18)9-13-4-6-14(11-21)7-5-13/h4-7,11,15H,8-10,12H2,1-3H3,(H,22,23)/t15-,18+/m0/s1. The van der Waals surface area contributed by atoms with Crippen molar-refractivity contribution < 1.29 is 14.7 Å². The number of carboxylic acid groups (broad SMARTS) is 1. The predicted molar refractivity (Wildman–Crippen MR) is 87.6 cm³/mol. The van der Waals surface area contributed by atoms with Crippen LogP contribution in [0, 0.1) is 5.41 Å². The summed E-state index contributed by atoms with van der Waals surface area (Å²) in [7, 11) is 0. The quantitative estimate of drug-likeness (QED) is 0.871. The van der Waals surface area contributed by atoms with Gasteiger partial charge in [-0.1, -0.05) is 45.0 Å². The largest absolute Gasteiger partial charge is 0.465 e. The van der Waals surface area contributed by atoms with Crippen LogP contribution in [0.15, 0.2) is 24.3 Å². The molecule has 23 heavy (non-hydrogen) atoms. The normalized spacial score (nSPS) is 27.4. The van der Waals surface area contributed by atoms with Crippen molar-refractivity contribution in [2.24, 2.45) is 5.41 Å². The van der Waals surface area contributed by atoms with Gasteiger partial charge in [0.15, 0.2) is 0 Å². The van der Waals surface area contributed by atoms with E-state index < -0.39 is 6.09 Å². The Balaban J connectivity index is 1.80. The monoisotopic (exact) mass is 316 g/mol. The van der Waals surface area contributed by atoms with Crippen molar-refractivity contribution in [1.29, 1.82) is 0 Å². The van der Waals surface area contributed by atoms with Crippen molar-refractivity contribution in [3.63, 3.8) is 0 Å². The minimum absolute atomic E-state index is 0.101. The van der Waals surface area contributed by atoms with Gasteiger partial charge in [-0.15, -0.1) is 0 Å². The number of fused-ring (bicyclic) bond motifs is 2. The average molecular weight is 316 g/mol. The lowest BCUT2D eigenvalue weighted by atomic mass is 9.73. The molecule has 1 aromatic carbocycles. The average Bonchev–Trinajstić information content (AvgIpc) is 3.04. The molecule has 2 saturated heterocycles. The van der Waals surface area contributed by atoms with E-state index in [9.17, 15) is 14.7 Å². The third-order valence-corrected chi connectivity index (χ3v) is 5.59. The summed E-state index contributed by atoms with van der Waals surface area (Å²) in [6, 6.07) is 7.90. The molecule has 2 heterocycles. The summed E-state index contributed by atoms with van der Waals surface area (Å²) in [5.41, 5.74) is 1.43. The van der Waals surface area contributed by atoms with Gasteiger partial charge in [0, 0.05) is 31.2 Å². The fourth-order valence-corrected chi connectivity index (χ4v) is 4.14. The van der Waals surface area contributed by atoms with Crippen LogP contribution >= 0.6 is 0 Å². The van der Waals surface area contributed by atoms with Crippen molar-refractivity contribution >= 4 is 12.4 Å². The van der Waals surface area contributed by atoms with Crippen LogP contribution in [0.1, 0.15) is 43.1 Å². The molecule has 0 radical (unpaired) electrons. The Morgan fingerprint density at radius 3 is 2.52 bits per heavy atom. The van der Waals surface area contributed by atoms with Crippen LogP contribution in [-0.4, -0.2) is 52.0 Å². The first kappa shape index (κ1) is 16.0. The molecule has 0 saturated carbocycles. The zero-order valence-corrected chi connectivity index (χ0v) is 14.0. The van der Waals surface area contributed by atoms with Crippen molar-refractivity contribution in [2.75, 3.05) is 13.1 Å². The summed E-state index contributed by atoms with van der Waals surface area (Å²) >= 11 is 0. The van der Waals surface area contributed by atoms with Crippen molar-refractivity contribution in [2.45, 2.75) is 45.3 Å². The summed E-state index contributed by atoms with van der Waals surface area (Å²) in [4.78, 5) is 26.4.